The van der Waals surface area contributed by atoms with Gasteiger partial charge in [-0.05, 0) is 23.5 Å². The van der Waals surface area contributed by atoms with Crippen molar-refractivity contribution < 1.29 is 4.39 Å². The minimum absolute atomic E-state index is 0.0751. The van der Waals surface area contributed by atoms with Crippen LogP contribution in [0.4, 0.5) is 4.39 Å². The summed E-state index contributed by atoms with van der Waals surface area (Å²) in [5, 5.41) is 0.834. The third-order valence-electron chi connectivity index (χ3n) is 3.09. The number of benzene rings is 1. The van der Waals surface area contributed by atoms with Gasteiger partial charge in [-0.2, -0.15) is 0 Å². The Bertz CT molecular complexity index is 294. The van der Waals surface area contributed by atoms with Crippen LogP contribution in [0, 0.1) is 11.7 Å². The van der Waals surface area contributed by atoms with Gasteiger partial charge in [-0.1, -0.05) is 60.8 Å². The summed E-state index contributed by atoms with van der Waals surface area (Å²) < 4.78 is 13.6. The van der Waals surface area contributed by atoms with Gasteiger partial charge in [0.05, 0.1) is 0 Å². The van der Waals surface area contributed by atoms with E-state index in [9.17, 15) is 4.39 Å². The van der Waals surface area contributed by atoms with Crippen LogP contribution in [0.25, 0.3) is 0 Å². The maximum atomic E-state index is 13.6. The fourth-order valence-electron chi connectivity index (χ4n) is 2.10. The predicted molar refractivity (Wildman–Crippen MR) is 67.0 cm³/mol. The lowest BCUT2D eigenvalue weighted by atomic mass is 9.84. The normalized spacial score (nSPS) is 13.1. The van der Waals surface area contributed by atoms with Crippen LogP contribution in [0.2, 0.25) is 0 Å². The summed E-state index contributed by atoms with van der Waals surface area (Å²) in [7, 11) is 0. The van der Waals surface area contributed by atoms with Crippen LogP contribution < -0.4 is 0 Å². The summed E-state index contributed by atoms with van der Waals surface area (Å²) >= 11 is 3.50. The van der Waals surface area contributed by atoms with Crippen LogP contribution in [0.5, 0.6) is 0 Å². The zero-order valence-corrected chi connectivity index (χ0v) is 10.9. The van der Waals surface area contributed by atoms with Crippen LogP contribution in [0.1, 0.15) is 38.2 Å². The molecular weight excluding hydrogens is 255 g/mol. The topological polar surface area (TPSA) is 0 Å². The van der Waals surface area contributed by atoms with E-state index in [2.05, 4.69) is 29.8 Å². The van der Waals surface area contributed by atoms with Gasteiger partial charge in [0.2, 0.25) is 0 Å². The zero-order chi connectivity index (χ0) is 11.3. The fraction of sp³-hybridized carbons (Fsp3) is 0.538. The molecule has 0 radical (unpaired) electrons. The summed E-state index contributed by atoms with van der Waals surface area (Å²) in [4.78, 5) is 0. The van der Waals surface area contributed by atoms with E-state index in [4.69, 9.17) is 0 Å². The van der Waals surface area contributed by atoms with E-state index < -0.39 is 0 Å². The lowest BCUT2D eigenvalue weighted by molar-refractivity contribution is 0.413. The summed E-state index contributed by atoms with van der Waals surface area (Å²) in [6.07, 6.45) is 2.20. The zero-order valence-electron chi connectivity index (χ0n) is 9.34. The molecule has 1 unspecified atom stereocenters. The van der Waals surface area contributed by atoms with Gasteiger partial charge in [-0.15, -0.1) is 0 Å². The molecular formula is C13H18BrF. The Morgan fingerprint density at radius 2 is 1.80 bits per heavy atom. The van der Waals surface area contributed by atoms with Crippen molar-refractivity contribution in [1.82, 2.24) is 0 Å². The summed E-state index contributed by atoms with van der Waals surface area (Å²) in [5.41, 5.74) is 0.850. The van der Waals surface area contributed by atoms with Gasteiger partial charge in [0, 0.05) is 5.33 Å². The molecule has 1 rings (SSSR count). The van der Waals surface area contributed by atoms with Crippen molar-refractivity contribution in [3.63, 3.8) is 0 Å². The Kier molecular flexibility index (Phi) is 5.30. The molecule has 0 bridgehead atoms. The molecule has 84 valence electrons. The fourth-order valence-corrected chi connectivity index (χ4v) is 2.97. The van der Waals surface area contributed by atoms with Crippen molar-refractivity contribution in [3.05, 3.63) is 35.6 Å². The average Bonchev–Trinajstić information content (AvgIpc) is 2.27. The van der Waals surface area contributed by atoms with Gasteiger partial charge in [0.25, 0.3) is 0 Å². The Hall–Kier alpha value is -0.370. The highest BCUT2D eigenvalue weighted by Crippen LogP contribution is 2.32. The molecule has 0 heterocycles. The standard InChI is InChI=1S/C13H18BrF/c1-3-10(4-2)12(9-14)11-7-5-6-8-13(11)15/h5-8,10,12H,3-4,9H2,1-2H3. The molecule has 0 aliphatic carbocycles. The molecule has 15 heavy (non-hydrogen) atoms. The monoisotopic (exact) mass is 272 g/mol. The molecule has 0 amide bonds. The maximum Gasteiger partial charge on any atom is 0.126 e. The SMILES string of the molecule is CCC(CC)C(CBr)c1ccccc1F. The second-order valence-corrected chi connectivity index (χ2v) is 4.51. The van der Waals surface area contributed by atoms with Crippen molar-refractivity contribution >= 4 is 15.9 Å². The van der Waals surface area contributed by atoms with E-state index in [1.807, 2.05) is 12.1 Å². The number of hydrogen-bond acceptors (Lipinski definition) is 0. The highest BCUT2D eigenvalue weighted by atomic mass is 79.9. The summed E-state index contributed by atoms with van der Waals surface area (Å²) in [5.74, 6) is 0.774. The number of hydrogen-bond donors (Lipinski definition) is 0. The molecule has 1 aromatic rings. The molecule has 0 aromatic heterocycles. The third kappa shape index (κ3) is 3.04. The third-order valence-corrected chi connectivity index (χ3v) is 3.79. The van der Waals surface area contributed by atoms with Crippen molar-refractivity contribution in [2.45, 2.75) is 32.6 Å². The number of alkyl halides is 1. The van der Waals surface area contributed by atoms with E-state index >= 15 is 0 Å². The Morgan fingerprint density at radius 3 is 2.27 bits per heavy atom. The molecule has 0 N–H and O–H groups in total. The molecule has 1 atom stereocenters. The van der Waals surface area contributed by atoms with Crippen LogP contribution >= 0.6 is 15.9 Å². The molecule has 0 nitrogen and oxygen atoms in total. The molecule has 0 saturated heterocycles. The largest absolute Gasteiger partial charge is 0.207 e. The Balaban J connectivity index is 2.96. The van der Waals surface area contributed by atoms with Gasteiger partial charge < -0.3 is 0 Å². The first kappa shape index (κ1) is 12.7. The van der Waals surface area contributed by atoms with Gasteiger partial charge in [-0.3, -0.25) is 0 Å². The molecule has 0 aliphatic heterocycles. The molecule has 1 aromatic carbocycles. The Morgan fingerprint density at radius 1 is 1.20 bits per heavy atom. The Labute approximate surface area is 100 Å². The maximum absolute atomic E-state index is 13.6. The van der Waals surface area contributed by atoms with Crippen LogP contribution in [-0.2, 0) is 0 Å². The second kappa shape index (κ2) is 6.26. The van der Waals surface area contributed by atoms with Crippen molar-refractivity contribution in [1.29, 1.82) is 0 Å². The quantitative estimate of drug-likeness (QED) is 0.680. The molecule has 0 fully saturated rings. The predicted octanol–water partition coefficient (Wildman–Crippen LogP) is 4.74. The van der Waals surface area contributed by atoms with Gasteiger partial charge in [0.15, 0.2) is 0 Å². The highest BCUT2D eigenvalue weighted by Gasteiger charge is 2.21. The van der Waals surface area contributed by atoms with Crippen molar-refractivity contribution in [2.24, 2.45) is 5.92 Å². The molecule has 2 heteroatoms. The van der Waals surface area contributed by atoms with Crippen molar-refractivity contribution in [3.8, 4) is 0 Å². The highest BCUT2D eigenvalue weighted by molar-refractivity contribution is 9.09. The van der Waals surface area contributed by atoms with Crippen molar-refractivity contribution in [2.75, 3.05) is 5.33 Å². The summed E-state index contributed by atoms with van der Waals surface area (Å²) in [6.45, 7) is 4.34. The average molecular weight is 273 g/mol. The molecule has 0 aliphatic rings. The lowest BCUT2D eigenvalue weighted by Crippen LogP contribution is -2.14. The minimum atomic E-state index is -0.0751. The van der Waals surface area contributed by atoms with Crippen LogP contribution in [0.15, 0.2) is 24.3 Å². The van der Waals surface area contributed by atoms with Crippen LogP contribution in [0.3, 0.4) is 0 Å². The van der Waals surface area contributed by atoms with Gasteiger partial charge in [0.1, 0.15) is 5.82 Å². The van der Waals surface area contributed by atoms with E-state index in [1.54, 1.807) is 12.1 Å². The first-order valence-corrected chi connectivity index (χ1v) is 6.67. The lowest BCUT2D eigenvalue weighted by Gasteiger charge is -2.24. The van der Waals surface area contributed by atoms with E-state index in [0.717, 1.165) is 23.7 Å². The first-order chi connectivity index (χ1) is 7.24. The van der Waals surface area contributed by atoms with E-state index in [0.29, 0.717) is 11.8 Å². The van der Waals surface area contributed by atoms with Gasteiger partial charge >= 0.3 is 0 Å². The van der Waals surface area contributed by atoms with E-state index in [1.165, 1.54) is 0 Å². The molecule has 0 saturated carbocycles. The smallest absolute Gasteiger partial charge is 0.126 e. The number of halogens is 2. The first-order valence-electron chi connectivity index (χ1n) is 5.54. The molecule has 0 spiro atoms. The van der Waals surface area contributed by atoms with Gasteiger partial charge in [-0.25, -0.2) is 4.39 Å². The summed E-state index contributed by atoms with van der Waals surface area (Å²) in [6, 6.07) is 7.11. The number of rotatable bonds is 5. The van der Waals surface area contributed by atoms with Crippen LogP contribution in [-0.4, -0.2) is 5.33 Å². The minimum Gasteiger partial charge on any atom is -0.207 e. The second-order valence-electron chi connectivity index (χ2n) is 3.86. The van der Waals surface area contributed by atoms with E-state index in [-0.39, 0.29) is 5.82 Å².